The average molecular weight is 211 g/mol. The quantitative estimate of drug-likeness (QED) is 0.473. The molecule has 0 radical (unpaired) electrons. The van der Waals surface area contributed by atoms with Crippen LogP contribution in [-0.2, 0) is 0 Å². The zero-order valence-electron chi connectivity index (χ0n) is 7.16. The highest BCUT2D eigenvalue weighted by Gasteiger charge is 2.10. The van der Waals surface area contributed by atoms with Gasteiger partial charge in [0.15, 0.2) is 5.78 Å². The SMILES string of the molecule is C=CC(=O)c1ccc(C(=O)Cl)c(O)c1. The van der Waals surface area contributed by atoms with Crippen molar-refractivity contribution in [1.82, 2.24) is 0 Å². The van der Waals surface area contributed by atoms with Crippen LogP contribution in [0, 0.1) is 0 Å². The van der Waals surface area contributed by atoms with Gasteiger partial charge in [0.25, 0.3) is 5.24 Å². The van der Waals surface area contributed by atoms with Crippen molar-refractivity contribution in [2.24, 2.45) is 0 Å². The van der Waals surface area contributed by atoms with Gasteiger partial charge in [0, 0.05) is 5.56 Å². The maximum absolute atomic E-state index is 11.1. The summed E-state index contributed by atoms with van der Waals surface area (Å²) in [6.07, 6.45) is 1.12. The summed E-state index contributed by atoms with van der Waals surface area (Å²) >= 11 is 5.17. The number of rotatable bonds is 3. The van der Waals surface area contributed by atoms with Crippen LogP contribution < -0.4 is 0 Å². The molecule has 1 aromatic carbocycles. The summed E-state index contributed by atoms with van der Waals surface area (Å²) in [5.74, 6) is -0.633. The summed E-state index contributed by atoms with van der Waals surface area (Å²) in [5, 5.41) is 8.55. The van der Waals surface area contributed by atoms with Gasteiger partial charge in [0.2, 0.25) is 0 Å². The zero-order chi connectivity index (χ0) is 10.7. The third-order valence-electron chi connectivity index (χ3n) is 1.68. The van der Waals surface area contributed by atoms with Crippen molar-refractivity contribution in [3.05, 3.63) is 42.0 Å². The molecule has 1 aromatic rings. The van der Waals surface area contributed by atoms with E-state index in [1.165, 1.54) is 18.2 Å². The lowest BCUT2D eigenvalue weighted by atomic mass is 10.1. The number of carbonyl (C=O) groups excluding carboxylic acids is 2. The molecule has 0 fully saturated rings. The van der Waals surface area contributed by atoms with E-state index >= 15 is 0 Å². The fourth-order valence-corrected chi connectivity index (χ4v) is 1.13. The minimum absolute atomic E-state index is 0.0210. The van der Waals surface area contributed by atoms with E-state index in [1.54, 1.807) is 0 Å². The first-order chi connectivity index (χ1) is 6.56. The molecule has 0 aliphatic heterocycles. The first kappa shape index (κ1) is 10.5. The number of allylic oxidation sites excluding steroid dienone is 1. The largest absolute Gasteiger partial charge is 0.507 e. The summed E-state index contributed by atoms with van der Waals surface area (Å²) in [5.41, 5.74) is 0.242. The molecule has 3 nitrogen and oxygen atoms in total. The van der Waals surface area contributed by atoms with Crippen LogP contribution in [0.1, 0.15) is 20.7 Å². The van der Waals surface area contributed by atoms with Crippen LogP contribution in [0.5, 0.6) is 5.75 Å². The van der Waals surface area contributed by atoms with Gasteiger partial charge < -0.3 is 5.11 Å². The van der Waals surface area contributed by atoms with Crippen molar-refractivity contribution in [1.29, 1.82) is 0 Å². The van der Waals surface area contributed by atoms with Gasteiger partial charge in [-0.1, -0.05) is 12.6 Å². The van der Waals surface area contributed by atoms with Crippen molar-refractivity contribution in [3.63, 3.8) is 0 Å². The molecule has 0 spiro atoms. The third kappa shape index (κ3) is 2.00. The molecule has 0 saturated heterocycles. The van der Waals surface area contributed by atoms with E-state index in [0.29, 0.717) is 0 Å². The van der Waals surface area contributed by atoms with Crippen LogP contribution in [0.25, 0.3) is 0 Å². The van der Waals surface area contributed by atoms with E-state index in [-0.39, 0.29) is 22.7 Å². The summed E-state index contributed by atoms with van der Waals surface area (Å²) in [7, 11) is 0. The average Bonchev–Trinajstić information content (AvgIpc) is 2.15. The molecular weight excluding hydrogens is 204 g/mol. The highest BCUT2D eigenvalue weighted by atomic mass is 35.5. The molecule has 14 heavy (non-hydrogen) atoms. The van der Waals surface area contributed by atoms with E-state index in [1.807, 2.05) is 0 Å². The molecular formula is C10H7ClO3. The highest BCUT2D eigenvalue weighted by molar-refractivity contribution is 6.68. The van der Waals surface area contributed by atoms with Gasteiger partial charge in [-0.05, 0) is 29.8 Å². The van der Waals surface area contributed by atoms with Gasteiger partial charge in [-0.3, -0.25) is 9.59 Å². The van der Waals surface area contributed by atoms with Gasteiger partial charge in [-0.2, -0.15) is 0 Å². The van der Waals surface area contributed by atoms with Gasteiger partial charge >= 0.3 is 0 Å². The second-order valence-corrected chi connectivity index (χ2v) is 2.92. The Balaban J connectivity index is 3.19. The van der Waals surface area contributed by atoms with Crippen molar-refractivity contribution in [2.75, 3.05) is 0 Å². The van der Waals surface area contributed by atoms with Crippen LogP contribution in [0.4, 0.5) is 0 Å². The fourth-order valence-electron chi connectivity index (χ4n) is 0.969. The first-order valence-electron chi connectivity index (χ1n) is 3.76. The van der Waals surface area contributed by atoms with Crippen molar-refractivity contribution >= 4 is 22.6 Å². The molecule has 0 aliphatic carbocycles. The van der Waals surface area contributed by atoms with Gasteiger partial charge in [-0.25, -0.2) is 0 Å². The minimum Gasteiger partial charge on any atom is -0.507 e. The van der Waals surface area contributed by atoms with Gasteiger partial charge in [-0.15, -0.1) is 0 Å². The second kappa shape index (κ2) is 4.07. The second-order valence-electron chi connectivity index (χ2n) is 2.57. The Kier molecular flexibility index (Phi) is 3.04. The molecule has 1 N–H and O–H groups in total. The molecule has 0 atom stereocenters. The highest BCUT2D eigenvalue weighted by Crippen LogP contribution is 2.20. The Morgan fingerprint density at radius 2 is 2.07 bits per heavy atom. The van der Waals surface area contributed by atoms with Crippen LogP contribution in [-0.4, -0.2) is 16.1 Å². The minimum atomic E-state index is -0.764. The summed E-state index contributed by atoms with van der Waals surface area (Å²) in [6.45, 7) is 3.30. The standard InChI is InChI=1S/C10H7ClO3/c1-2-8(12)6-3-4-7(10(11)14)9(13)5-6/h2-5,13H,1H2. The third-order valence-corrected chi connectivity index (χ3v) is 1.88. The van der Waals surface area contributed by atoms with E-state index in [9.17, 15) is 14.7 Å². The van der Waals surface area contributed by atoms with Gasteiger partial charge in [0.1, 0.15) is 5.75 Å². The van der Waals surface area contributed by atoms with Crippen LogP contribution in [0.3, 0.4) is 0 Å². The maximum atomic E-state index is 11.1. The van der Waals surface area contributed by atoms with Crippen molar-refractivity contribution in [2.45, 2.75) is 0 Å². The molecule has 72 valence electrons. The Morgan fingerprint density at radius 3 is 2.50 bits per heavy atom. The number of hydrogen-bond acceptors (Lipinski definition) is 3. The smallest absolute Gasteiger partial charge is 0.256 e. The topological polar surface area (TPSA) is 54.4 Å². The maximum Gasteiger partial charge on any atom is 0.256 e. The molecule has 0 saturated carbocycles. The predicted molar refractivity (Wildman–Crippen MR) is 52.8 cm³/mol. The van der Waals surface area contributed by atoms with Gasteiger partial charge in [0.05, 0.1) is 5.56 Å². The summed E-state index contributed by atoms with van der Waals surface area (Å²) < 4.78 is 0. The predicted octanol–water partition coefficient (Wildman–Crippen LogP) is 2.14. The first-order valence-corrected chi connectivity index (χ1v) is 4.13. The number of carbonyl (C=O) groups is 2. The Bertz CT molecular complexity index is 410. The van der Waals surface area contributed by atoms with Crippen LogP contribution in [0.2, 0.25) is 0 Å². The summed E-state index contributed by atoms with van der Waals surface area (Å²) in [4.78, 5) is 21.8. The molecule has 0 amide bonds. The number of phenolic OH excluding ortho intramolecular Hbond substituents is 1. The number of hydrogen-bond donors (Lipinski definition) is 1. The van der Waals surface area contributed by atoms with E-state index in [4.69, 9.17) is 11.6 Å². The normalized spacial score (nSPS) is 9.50. The molecule has 0 aromatic heterocycles. The van der Waals surface area contributed by atoms with E-state index in [0.717, 1.165) is 6.08 Å². The van der Waals surface area contributed by atoms with Crippen molar-refractivity contribution < 1.29 is 14.7 Å². The molecule has 0 heterocycles. The molecule has 0 bridgehead atoms. The van der Waals surface area contributed by atoms with E-state index in [2.05, 4.69) is 6.58 Å². The van der Waals surface area contributed by atoms with Crippen LogP contribution >= 0.6 is 11.6 Å². The molecule has 4 heteroatoms. The lowest BCUT2D eigenvalue weighted by Crippen LogP contribution is -1.96. The number of phenols is 1. The monoisotopic (exact) mass is 210 g/mol. The number of halogens is 1. The number of ketones is 1. The number of benzene rings is 1. The molecule has 1 rings (SSSR count). The lowest BCUT2D eigenvalue weighted by Gasteiger charge is -2.00. The Labute approximate surface area is 85.6 Å². The fraction of sp³-hybridized carbons (Fsp3) is 0. The summed E-state index contributed by atoms with van der Waals surface area (Å²) in [6, 6.07) is 3.88. The van der Waals surface area contributed by atoms with Crippen molar-refractivity contribution in [3.8, 4) is 5.75 Å². The Morgan fingerprint density at radius 1 is 1.43 bits per heavy atom. The lowest BCUT2D eigenvalue weighted by molar-refractivity contribution is 0.104. The zero-order valence-corrected chi connectivity index (χ0v) is 7.91. The molecule has 0 unspecified atom stereocenters. The van der Waals surface area contributed by atoms with Crippen LogP contribution in [0.15, 0.2) is 30.9 Å². The number of aromatic hydroxyl groups is 1. The molecule has 0 aliphatic rings. The van der Waals surface area contributed by atoms with E-state index < -0.39 is 5.24 Å². The Hall–Kier alpha value is -1.61.